The fourth-order valence-corrected chi connectivity index (χ4v) is 2.06. The first-order valence-electron chi connectivity index (χ1n) is 5.80. The number of carbonyl (C=O) groups excluding carboxylic acids is 1. The van der Waals surface area contributed by atoms with Gasteiger partial charge < -0.3 is 14.1 Å². The molecule has 1 aromatic heterocycles. The Morgan fingerprint density at radius 1 is 1.41 bits per heavy atom. The van der Waals surface area contributed by atoms with Crippen molar-refractivity contribution in [3.05, 3.63) is 30.2 Å². The van der Waals surface area contributed by atoms with Crippen LogP contribution in [-0.4, -0.2) is 36.1 Å². The Bertz CT molecular complexity index is 387. The van der Waals surface area contributed by atoms with Crippen LogP contribution < -0.4 is 0 Å². The van der Waals surface area contributed by atoms with E-state index in [4.69, 9.17) is 9.15 Å². The summed E-state index contributed by atoms with van der Waals surface area (Å²) in [6.07, 6.45) is 4.83. The minimum absolute atomic E-state index is 0.00435. The summed E-state index contributed by atoms with van der Waals surface area (Å²) in [5.41, 5.74) is 0. The Morgan fingerprint density at radius 2 is 2.12 bits per heavy atom. The standard InChI is InChI=1S/C13H17NO3/c1-10-8-16-9-11(2)14(10)13(15)6-5-12-4-3-7-17-12/h3-7,10-11H,8-9H2,1-2H3/b6-5+/t10-,11-/m0/s1. The lowest BCUT2D eigenvalue weighted by Gasteiger charge is -2.38. The average molecular weight is 235 g/mol. The van der Waals surface area contributed by atoms with Gasteiger partial charge in [0.1, 0.15) is 5.76 Å². The fourth-order valence-electron chi connectivity index (χ4n) is 2.06. The zero-order chi connectivity index (χ0) is 12.3. The molecule has 2 rings (SSSR count). The molecule has 92 valence electrons. The van der Waals surface area contributed by atoms with Gasteiger partial charge in [0.25, 0.3) is 0 Å². The molecule has 0 radical (unpaired) electrons. The van der Waals surface area contributed by atoms with Crippen molar-refractivity contribution in [2.75, 3.05) is 13.2 Å². The third kappa shape index (κ3) is 2.77. The summed E-state index contributed by atoms with van der Waals surface area (Å²) in [4.78, 5) is 13.9. The minimum atomic E-state index is 0.00435. The lowest BCUT2D eigenvalue weighted by atomic mass is 10.1. The first-order valence-corrected chi connectivity index (χ1v) is 5.80. The molecule has 2 atom stereocenters. The van der Waals surface area contributed by atoms with Gasteiger partial charge in [-0.3, -0.25) is 4.79 Å². The zero-order valence-corrected chi connectivity index (χ0v) is 10.1. The largest absolute Gasteiger partial charge is 0.465 e. The van der Waals surface area contributed by atoms with Crippen LogP contribution in [0.4, 0.5) is 0 Å². The second kappa shape index (κ2) is 5.19. The number of hydrogen-bond donors (Lipinski definition) is 0. The van der Waals surface area contributed by atoms with Gasteiger partial charge in [-0.2, -0.15) is 0 Å². The molecule has 0 spiro atoms. The van der Waals surface area contributed by atoms with Crippen LogP contribution in [0.3, 0.4) is 0 Å². The lowest BCUT2D eigenvalue weighted by Crippen LogP contribution is -2.51. The molecule has 4 nitrogen and oxygen atoms in total. The molecule has 0 aromatic carbocycles. The Kier molecular flexibility index (Phi) is 3.64. The van der Waals surface area contributed by atoms with E-state index in [9.17, 15) is 4.79 Å². The third-order valence-corrected chi connectivity index (χ3v) is 2.86. The van der Waals surface area contributed by atoms with E-state index in [1.165, 1.54) is 0 Å². The number of morpholine rings is 1. The Morgan fingerprint density at radius 3 is 2.71 bits per heavy atom. The van der Waals surface area contributed by atoms with Crippen LogP contribution >= 0.6 is 0 Å². The summed E-state index contributed by atoms with van der Waals surface area (Å²) in [7, 11) is 0. The molecule has 0 saturated carbocycles. The van der Waals surface area contributed by atoms with Crippen molar-refractivity contribution in [3.63, 3.8) is 0 Å². The van der Waals surface area contributed by atoms with E-state index in [2.05, 4.69) is 0 Å². The summed E-state index contributed by atoms with van der Waals surface area (Å²) in [5.74, 6) is 0.691. The van der Waals surface area contributed by atoms with E-state index in [1.54, 1.807) is 24.5 Å². The molecule has 0 bridgehead atoms. The van der Waals surface area contributed by atoms with Crippen LogP contribution in [-0.2, 0) is 9.53 Å². The molecule has 0 unspecified atom stereocenters. The number of amides is 1. The molecular formula is C13H17NO3. The van der Waals surface area contributed by atoms with Crippen LogP contribution in [0, 0.1) is 0 Å². The normalized spacial score (nSPS) is 25.4. The van der Waals surface area contributed by atoms with E-state index in [0.717, 1.165) is 0 Å². The SMILES string of the molecule is C[C@H]1COC[C@H](C)N1C(=O)/C=C/c1ccco1. The predicted molar refractivity (Wildman–Crippen MR) is 64.3 cm³/mol. The number of hydrogen-bond acceptors (Lipinski definition) is 3. The van der Waals surface area contributed by atoms with Gasteiger partial charge in [0.15, 0.2) is 0 Å². The second-order valence-corrected chi connectivity index (χ2v) is 4.33. The van der Waals surface area contributed by atoms with Crippen molar-refractivity contribution in [2.24, 2.45) is 0 Å². The topological polar surface area (TPSA) is 42.7 Å². The quantitative estimate of drug-likeness (QED) is 0.736. The molecule has 1 fully saturated rings. The van der Waals surface area contributed by atoms with E-state index in [-0.39, 0.29) is 18.0 Å². The van der Waals surface area contributed by atoms with Gasteiger partial charge >= 0.3 is 0 Å². The number of rotatable bonds is 2. The number of furan rings is 1. The number of ether oxygens (including phenoxy) is 1. The highest BCUT2D eigenvalue weighted by atomic mass is 16.5. The fraction of sp³-hybridized carbons (Fsp3) is 0.462. The minimum Gasteiger partial charge on any atom is -0.465 e. The molecule has 1 aliphatic heterocycles. The van der Waals surface area contributed by atoms with Crippen LogP contribution in [0.15, 0.2) is 28.9 Å². The Hall–Kier alpha value is -1.55. The molecule has 2 heterocycles. The first-order chi connectivity index (χ1) is 8.18. The second-order valence-electron chi connectivity index (χ2n) is 4.33. The van der Waals surface area contributed by atoms with Crippen molar-refractivity contribution in [2.45, 2.75) is 25.9 Å². The maximum absolute atomic E-state index is 12.1. The highest BCUT2D eigenvalue weighted by Gasteiger charge is 2.28. The molecule has 17 heavy (non-hydrogen) atoms. The number of nitrogens with zero attached hydrogens (tertiary/aromatic N) is 1. The predicted octanol–water partition coefficient (Wildman–Crippen LogP) is 1.93. The van der Waals surface area contributed by atoms with Crippen molar-refractivity contribution in [1.29, 1.82) is 0 Å². The van der Waals surface area contributed by atoms with Gasteiger partial charge in [0.2, 0.25) is 5.91 Å². The molecule has 1 aromatic rings. The zero-order valence-electron chi connectivity index (χ0n) is 10.1. The van der Waals surface area contributed by atoms with E-state index in [0.29, 0.717) is 19.0 Å². The highest BCUT2D eigenvalue weighted by molar-refractivity contribution is 5.91. The van der Waals surface area contributed by atoms with Gasteiger partial charge in [-0.15, -0.1) is 0 Å². The van der Waals surface area contributed by atoms with Crippen molar-refractivity contribution in [3.8, 4) is 0 Å². The first kappa shape index (κ1) is 11.9. The number of carbonyl (C=O) groups is 1. The van der Waals surface area contributed by atoms with Crippen LogP contribution in [0.5, 0.6) is 0 Å². The van der Waals surface area contributed by atoms with Crippen LogP contribution in [0.2, 0.25) is 0 Å². The monoisotopic (exact) mass is 235 g/mol. The molecule has 0 aliphatic carbocycles. The maximum atomic E-state index is 12.1. The molecular weight excluding hydrogens is 218 g/mol. The van der Waals surface area contributed by atoms with Crippen LogP contribution in [0.25, 0.3) is 6.08 Å². The summed E-state index contributed by atoms with van der Waals surface area (Å²) in [6, 6.07) is 3.85. The van der Waals surface area contributed by atoms with Gasteiger partial charge in [0.05, 0.1) is 31.6 Å². The van der Waals surface area contributed by atoms with E-state index in [1.807, 2.05) is 24.8 Å². The lowest BCUT2D eigenvalue weighted by molar-refractivity contribution is -0.138. The molecule has 1 aliphatic rings. The average Bonchev–Trinajstić information content (AvgIpc) is 2.79. The third-order valence-electron chi connectivity index (χ3n) is 2.86. The van der Waals surface area contributed by atoms with E-state index >= 15 is 0 Å². The van der Waals surface area contributed by atoms with Gasteiger partial charge in [-0.05, 0) is 32.1 Å². The van der Waals surface area contributed by atoms with Crippen molar-refractivity contribution in [1.82, 2.24) is 4.90 Å². The Labute approximate surface area is 101 Å². The summed E-state index contributed by atoms with van der Waals surface area (Å²) in [6.45, 7) is 5.19. The van der Waals surface area contributed by atoms with E-state index < -0.39 is 0 Å². The van der Waals surface area contributed by atoms with Crippen molar-refractivity contribution < 1.29 is 13.9 Å². The Balaban J connectivity index is 2.03. The molecule has 1 amide bonds. The van der Waals surface area contributed by atoms with Gasteiger partial charge in [-0.25, -0.2) is 0 Å². The van der Waals surface area contributed by atoms with Gasteiger partial charge in [-0.1, -0.05) is 0 Å². The van der Waals surface area contributed by atoms with Gasteiger partial charge in [0, 0.05) is 6.08 Å². The summed E-state index contributed by atoms with van der Waals surface area (Å²) >= 11 is 0. The summed E-state index contributed by atoms with van der Waals surface area (Å²) in [5, 5.41) is 0. The molecule has 0 N–H and O–H groups in total. The summed E-state index contributed by atoms with van der Waals surface area (Å²) < 4.78 is 10.5. The van der Waals surface area contributed by atoms with Crippen molar-refractivity contribution >= 4 is 12.0 Å². The smallest absolute Gasteiger partial charge is 0.247 e. The maximum Gasteiger partial charge on any atom is 0.247 e. The highest BCUT2D eigenvalue weighted by Crippen LogP contribution is 2.14. The molecule has 1 saturated heterocycles. The molecule has 4 heteroatoms. The van der Waals surface area contributed by atoms with Crippen LogP contribution in [0.1, 0.15) is 19.6 Å².